The van der Waals surface area contributed by atoms with Gasteiger partial charge in [0, 0.05) is 6.20 Å². The summed E-state index contributed by atoms with van der Waals surface area (Å²) in [5.41, 5.74) is 11.4. The average molecular weight is 847 g/mol. The fourth-order valence-corrected chi connectivity index (χ4v) is 6.86. The van der Waals surface area contributed by atoms with E-state index in [1.807, 2.05) is 18.3 Å². The van der Waals surface area contributed by atoms with Crippen LogP contribution in [-0.4, -0.2) is 4.98 Å². The van der Waals surface area contributed by atoms with E-state index in [4.69, 9.17) is 4.98 Å². The molecule has 0 fully saturated rings. The summed E-state index contributed by atoms with van der Waals surface area (Å²) in [6.07, 6.45) is 1.85. The average Bonchev–Trinajstić information content (AvgIpc) is 3.37. The number of rotatable bonds is 4. The van der Waals surface area contributed by atoms with Crippen molar-refractivity contribution >= 4 is 33.6 Å². The molecule has 0 unspecified atom stereocenters. The summed E-state index contributed by atoms with van der Waals surface area (Å²) in [5.74, 6) is 0. The second-order valence-electron chi connectivity index (χ2n) is 17.4. The van der Waals surface area contributed by atoms with Crippen molar-refractivity contribution in [3.8, 4) is 22.3 Å². The summed E-state index contributed by atoms with van der Waals surface area (Å²) >= 11 is 1.66. The summed E-state index contributed by atoms with van der Waals surface area (Å²) in [7, 11) is 0. The third-order valence-electron chi connectivity index (χ3n) is 9.24. The van der Waals surface area contributed by atoms with E-state index >= 15 is 0 Å². The van der Waals surface area contributed by atoms with Crippen LogP contribution in [-0.2, 0) is 44.0 Å². The first-order valence-corrected chi connectivity index (χ1v) is 17.9. The molecule has 0 atom stereocenters. The molecule has 2 aromatic heterocycles. The Morgan fingerprint density at radius 2 is 1.10 bits per heavy atom. The predicted octanol–water partition coefficient (Wildman–Crippen LogP) is 12.6. The third-order valence-corrected chi connectivity index (χ3v) is 10.1. The van der Waals surface area contributed by atoms with Crippen LogP contribution >= 0.6 is 11.8 Å². The number of pyridine rings is 1. The van der Waals surface area contributed by atoms with Crippen molar-refractivity contribution in [2.75, 3.05) is 0 Å². The summed E-state index contributed by atoms with van der Waals surface area (Å²) in [5, 5.41) is 3.40. The van der Waals surface area contributed by atoms with Crippen LogP contribution in [0.15, 0.2) is 88.9 Å². The van der Waals surface area contributed by atoms with Crippen LogP contribution in [0.4, 0.5) is 0 Å². The van der Waals surface area contributed by atoms with Crippen LogP contribution in [0.1, 0.15) is 105 Å². The summed E-state index contributed by atoms with van der Waals surface area (Å²) in [4.78, 5) is 10.9. The van der Waals surface area contributed by atoms with Gasteiger partial charge in [0.05, 0.1) is 5.03 Å². The van der Waals surface area contributed by atoms with Gasteiger partial charge in [-0.25, -0.2) is 10.5 Å². The van der Waals surface area contributed by atoms with Gasteiger partial charge in [0.2, 0.25) is 0 Å². The molecule has 2 nitrogen and oxygen atoms in total. The van der Waals surface area contributed by atoms with E-state index in [2.05, 4.69) is 161 Å². The monoisotopic (exact) mass is 846 g/mol. The normalized spacial score (nSPS) is 12.8. The zero-order valence-corrected chi connectivity index (χ0v) is 34.1. The van der Waals surface area contributed by atoms with E-state index in [0.717, 1.165) is 43.2 Å². The first-order chi connectivity index (χ1) is 22.3. The molecular weight excluding hydrogens is 798 g/mol. The van der Waals surface area contributed by atoms with Gasteiger partial charge in [-0.1, -0.05) is 142 Å². The summed E-state index contributed by atoms with van der Waals surface area (Å²) in [6, 6.07) is 34.5. The number of hydrogen-bond donors (Lipinski definition) is 0. The number of hydrogen-bond acceptors (Lipinski definition) is 2. The molecule has 0 aliphatic carbocycles. The van der Waals surface area contributed by atoms with Gasteiger partial charge in [-0.05, 0) is 55.7 Å². The van der Waals surface area contributed by atoms with Crippen LogP contribution in [0.3, 0.4) is 0 Å². The molecule has 0 saturated heterocycles. The number of nitrogens with zero attached hydrogens (tertiary/aromatic N) is 2. The Kier molecular flexibility index (Phi) is 10.0. The summed E-state index contributed by atoms with van der Waals surface area (Å²) in [6.45, 7) is 27.4. The number of aromatic nitrogens is 2. The van der Waals surface area contributed by atoms with E-state index in [1.54, 1.807) is 11.8 Å². The van der Waals surface area contributed by atoms with Gasteiger partial charge in [0.25, 0.3) is 0 Å². The fourth-order valence-electron chi connectivity index (χ4n) is 6.02. The maximum Gasteiger partial charge on any atom is 3.00 e. The maximum atomic E-state index is 5.30. The van der Waals surface area contributed by atoms with Crippen LogP contribution in [0.2, 0.25) is 0 Å². The minimum Gasteiger partial charge on any atom is -0.663 e. The largest absolute Gasteiger partial charge is 3.00 e. The third kappa shape index (κ3) is 7.97. The van der Waals surface area contributed by atoms with Crippen molar-refractivity contribution in [3.05, 3.63) is 113 Å². The quantitative estimate of drug-likeness (QED) is 0.131. The molecule has 6 aromatic rings. The Morgan fingerprint density at radius 3 is 1.69 bits per heavy atom. The zero-order chi connectivity index (χ0) is 34.8. The molecule has 4 aromatic carbocycles. The minimum absolute atomic E-state index is 0. The standard InChI is InChI=1S/C45H49N2S.Au/c1-42(2,3)31-16-17-39-37(25-31)38-27-34(45(10,11)12)26-36(41(38)47-39)30-19-28(20-32(22-30)43(4,5)6)29-21-33(44(7,8)9)24-35(23-29)48-40-15-13-14-18-46-40;/h13-18,20-22,24-27H,1-12H3;/q-3;+3. The van der Waals surface area contributed by atoms with E-state index in [9.17, 15) is 0 Å². The molecule has 0 N–H and O–H groups in total. The van der Waals surface area contributed by atoms with Crippen LogP contribution in [0.25, 0.3) is 44.1 Å². The SMILES string of the molecule is CC(C)(C)c1cc(Sc2ccccn2)[c-]c(-c2[c-]c(-c3cc(C(C)(C)C)cc4c3[n-]c3ccc(C(C)(C)C)cc34)cc(C(C)(C)C)c2)c1.[Au+3]. The van der Waals surface area contributed by atoms with Gasteiger partial charge in [-0.15, -0.1) is 34.3 Å². The topological polar surface area (TPSA) is 27.0 Å². The van der Waals surface area contributed by atoms with Crippen molar-refractivity contribution in [1.29, 1.82) is 0 Å². The van der Waals surface area contributed by atoms with Crippen LogP contribution < -0.4 is 4.98 Å². The molecule has 2 heterocycles. The van der Waals surface area contributed by atoms with Crippen molar-refractivity contribution in [1.82, 2.24) is 9.97 Å². The number of fused-ring (bicyclic) bond motifs is 3. The Morgan fingerprint density at radius 1 is 0.551 bits per heavy atom. The minimum atomic E-state index is -0.0711. The Hall–Kier alpha value is -3.08. The van der Waals surface area contributed by atoms with Gasteiger partial charge in [0.15, 0.2) is 0 Å². The summed E-state index contributed by atoms with van der Waals surface area (Å²) < 4.78 is 0. The molecule has 0 radical (unpaired) electrons. The Labute approximate surface area is 314 Å². The van der Waals surface area contributed by atoms with Gasteiger partial charge >= 0.3 is 22.4 Å². The van der Waals surface area contributed by atoms with Crippen molar-refractivity contribution in [2.24, 2.45) is 0 Å². The second-order valence-corrected chi connectivity index (χ2v) is 18.4. The first kappa shape index (κ1) is 37.2. The zero-order valence-electron chi connectivity index (χ0n) is 31.1. The van der Waals surface area contributed by atoms with Crippen molar-refractivity contribution < 1.29 is 22.4 Å². The molecule has 4 heteroatoms. The first-order valence-electron chi connectivity index (χ1n) is 17.1. The van der Waals surface area contributed by atoms with Crippen LogP contribution in [0.5, 0.6) is 0 Å². The van der Waals surface area contributed by atoms with Crippen molar-refractivity contribution in [3.63, 3.8) is 0 Å². The predicted molar refractivity (Wildman–Crippen MR) is 206 cm³/mol. The fraction of sp³-hybridized carbons (Fsp3) is 0.356. The van der Waals surface area contributed by atoms with E-state index in [0.29, 0.717) is 0 Å². The molecule has 49 heavy (non-hydrogen) atoms. The smallest absolute Gasteiger partial charge is 0.663 e. The molecule has 256 valence electrons. The van der Waals surface area contributed by atoms with Gasteiger partial charge in [-0.3, -0.25) is 0 Å². The molecule has 0 amide bonds. The molecule has 0 saturated carbocycles. The van der Waals surface area contributed by atoms with Gasteiger partial charge < -0.3 is 4.98 Å². The van der Waals surface area contributed by atoms with Gasteiger partial charge in [-0.2, -0.15) is 35.3 Å². The van der Waals surface area contributed by atoms with E-state index in [-0.39, 0.29) is 44.0 Å². The molecule has 0 aliphatic heterocycles. The molecule has 0 aliphatic rings. The van der Waals surface area contributed by atoms with E-state index in [1.165, 1.54) is 33.0 Å². The molecule has 0 bridgehead atoms. The van der Waals surface area contributed by atoms with Crippen molar-refractivity contribution in [2.45, 2.75) is 115 Å². The Balaban J connectivity index is 0.00000468. The molecule has 6 rings (SSSR count). The van der Waals surface area contributed by atoms with Gasteiger partial charge in [0.1, 0.15) is 0 Å². The maximum absolute atomic E-state index is 5.30. The van der Waals surface area contributed by atoms with E-state index < -0.39 is 0 Å². The molecular formula is C45H49AuN2S. The second kappa shape index (κ2) is 13.2. The van der Waals surface area contributed by atoms with Crippen LogP contribution in [0, 0.1) is 12.1 Å². The molecule has 0 spiro atoms. The number of benzene rings is 4. The Bertz CT molecular complexity index is 2130.